The summed E-state index contributed by atoms with van der Waals surface area (Å²) in [7, 11) is 0. The number of imidazole rings is 1. The van der Waals surface area contributed by atoms with Crippen LogP contribution in [0.1, 0.15) is 13.3 Å². The second-order valence-electron chi connectivity index (χ2n) is 3.89. The summed E-state index contributed by atoms with van der Waals surface area (Å²) in [4.78, 5) is 8.55. The highest BCUT2D eigenvalue weighted by atomic mass is 79.9. The minimum absolute atomic E-state index is 0.770. The highest BCUT2D eigenvalue weighted by Crippen LogP contribution is 2.20. The van der Waals surface area contributed by atoms with E-state index in [2.05, 4.69) is 30.5 Å². The van der Waals surface area contributed by atoms with Gasteiger partial charge in [-0.1, -0.05) is 0 Å². The van der Waals surface area contributed by atoms with Crippen molar-refractivity contribution in [2.75, 3.05) is 13.2 Å². The fraction of sp³-hybridized carbons (Fsp3) is 0.385. The molecule has 0 aliphatic carbocycles. The molecule has 0 saturated heterocycles. The molecular formula is C13H16BrN3O. The van der Waals surface area contributed by atoms with Gasteiger partial charge in [-0.3, -0.25) is 4.98 Å². The molecule has 0 saturated carbocycles. The number of hydrogen-bond acceptors (Lipinski definition) is 3. The molecule has 2 aromatic rings. The van der Waals surface area contributed by atoms with Crippen LogP contribution in [0.3, 0.4) is 0 Å². The van der Waals surface area contributed by atoms with Crippen LogP contribution in [0.5, 0.6) is 0 Å². The highest BCUT2D eigenvalue weighted by Gasteiger charge is 2.06. The van der Waals surface area contributed by atoms with Gasteiger partial charge in [-0.2, -0.15) is 0 Å². The van der Waals surface area contributed by atoms with E-state index in [-0.39, 0.29) is 0 Å². The van der Waals surface area contributed by atoms with Crippen molar-refractivity contribution in [2.45, 2.75) is 19.9 Å². The van der Waals surface area contributed by atoms with Gasteiger partial charge in [-0.05, 0) is 35.3 Å². The number of hydrogen-bond donors (Lipinski definition) is 0. The second-order valence-corrected chi connectivity index (χ2v) is 4.80. The Morgan fingerprint density at radius 2 is 2.28 bits per heavy atom. The van der Waals surface area contributed by atoms with Crippen LogP contribution >= 0.6 is 15.9 Å². The van der Waals surface area contributed by atoms with Crippen molar-refractivity contribution < 1.29 is 4.74 Å². The topological polar surface area (TPSA) is 39.9 Å². The van der Waals surface area contributed by atoms with Crippen LogP contribution in [0.2, 0.25) is 0 Å². The van der Waals surface area contributed by atoms with Gasteiger partial charge >= 0.3 is 0 Å². The standard InChI is InChI=1S/C13H16BrN3O/c1-2-18-7-3-5-17-6-4-16-13(17)11-8-12(14)10-15-9-11/h4,6,8-10H,2-3,5,7H2,1H3. The molecule has 0 unspecified atom stereocenters. The molecule has 0 aliphatic heterocycles. The fourth-order valence-corrected chi connectivity index (χ4v) is 2.13. The number of rotatable bonds is 6. The molecule has 2 aromatic heterocycles. The van der Waals surface area contributed by atoms with Gasteiger partial charge in [0.2, 0.25) is 0 Å². The Morgan fingerprint density at radius 3 is 3.06 bits per heavy atom. The average molecular weight is 310 g/mol. The predicted molar refractivity (Wildman–Crippen MR) is 74.3 cm³/mol. The molecule has 4 nitrogen and oxygen atoms in total. The molecule has 0 amide bonds. The Labute approximate surface area is 115 Å². The van der Waals surface area contributed by atoms with E-state index in [4.69, 9.17) is 4.74 Å². The predicted octanol–water partition coefficient (Wildman–Crippen LogP) is 3.13. The van der Waals surface area contributed by atoms with Crippen LogP contribution in [0.25, 0.3) is 11.4 Å². The lowest BCUT2D eigenvalue weighted by Gasteiger charge is -2.08. The van der Waals surface area contributed by atoms with Gasteiger partial charge in [0.15, 0.2) is 0 Å². The van der Waals surface area contributed by atoms with Gasteiger partial charge in [0, 0.05) is 54.6 Å². The van der Waals surface area contributed by atoms with E-state index in [9.17, 15) is 0 Å². The molecule has 0 atom stereocenters. The Bertz CT molecular complexity index is 498. The first-order chi connectivity index (χ1) is 8.81. The molecule has 0 spiro atoms. The monoisotopic (exact) mass is 309 g/mol. The first kappa shape index (κ1) is 13.2. The Morgan fingerprint density at radius 1 is 1.39 bits per heavy atom. The highest BCUT2D eigenvalue weighted by molar-refractivity contribution is 9.10. The van der Waals surface area contributed by atoms with E-state index < -0.39 is 0 Å². The number of aryl methyl sites for hydroxylation is 1. The van der Waals surface area contributed by atoms with Crippen LogP contribution in [0, 0.1) is 0 Å². The quantitative estimate of drug-likeness (QED) is 0.770. The number of ether oxygens (including phenoxy) is 1. The van der Waals surface area contributed by atoms with Gasteiger partial charge in [0.25, 0.3) is 0 Å². The third-order valence-corrected chi connectivity index (χ3v) is 3.00. The second kappa shape index (κ2) is 6.66. The summed E-state index contributed by atoms with van der Waals surface area (Å²) in [6.07, 6.45) is 8.38. The van der Waals surface area contributed by atoms with Crippen LogP contribution in [0.15, 0.2) is 35.3 Å². The van der Waals surface area contributed by atoms with E-state index in [1.807, 2.05) is 31.6 Å². The lowest BCUT2D eigenvalue weighted by Crippen LogP contribution is -2.03. The van der Waals surface area contributed by atoms with E-state index in [1.54, 1.807) is 6.20 Å². The van der Waals surface area contributed by atoms with Crippen LogP contribution in [-0.2, 0) is 11.3 Å². The molecule has 0 N–H and O–H groups in total. The summed E-state index contributed by atoms with van der Waals surface area (Å²) in [5.41, 5.74) is 1.02. The minimum Gasteiger partial charge on any atom is -0.382 e. The Balaban J connectivity index is 2.08. The number of nitrogens with zero attached hydrogens (tertiary/aromatic N) is 3. The molecule has 0 aromatic carbocycles. The molecular weight excluding hydrogens is 294 g/mol. The molecule has 0 aliphatic rings. The maximum absolute atomic E-state index is 5.34. The van der Waals surface area contributed by atoms with Gasteiger partial charge in [-0.25, -0.2) is 4.98 Å². The normalized spacial score (nSPS) is 10.8. The van der Waals surface area contributed by atoms with Gasteiger partial charge in [0.05, 0.1) is 0 Å². The Hall–Kier alpha value is -1.20. The summed E-state index contributed by atoms with van der Waals surface area (Å²) in [5, 5.41) is 0. The van der Waals surface area contributed by atoms with Crippen molar-refractivity contribution in [3.8, 4) is 11.4 Å². The first-order valence-electron chi connectivity index (χ1n) is 6.01. The van der Waals surface area contributed by atoms with Crippen LogP contribution < -0.4 is 0 Å². The SMILES string of the molecule is CCOCCCn1ccnc1-c1cncc(Br)c1. The molecule has 2 heterocycles. The minimum atomic E-state index is 0.770. The van der Waals surface area contributed by atoms with Gasteiger partial charge in [0.1, 0.15) is 5.82 Å². The molecule has 0 fully saturated rings. The van der Waals surface area contributed by atoms with Crippen molar-refractivity contribution in [1.82, 2.24) is 14.5 Å². The third-order valence-electron chi connectivity index (χ3n) is 2.57. The van der Waals surface area contributed by atoms with E-state index in [0.29, 0.717) is 0 Å². The van der Waals surface area contributed by atoms with Crippen molar-refractivity contribution in [3.05, 3.63) is 35.3 Å². The molecule has 5 heteroatoms. The number of halogens is 1. The zero-order valence-corrected chi connectivity index (χ0v) is 11.9. The van der Waals surface area contributed by atoms with Crippen LogP contribution in [-0.4, -0.2) is 27.7 Å². The van der Waals surface area contributed by atoms with Crippen LogP contribution in [0.4, 0.5) is 0 Å². The van der Waals surface area contributed by atoms with E-state index in [0.717, 1.165) is 42.0 Å². The maximum Gasteiger partial charge on any atom is 0.141 e. The number of aromatic nitrogens is 3. The third kappa shape index (κ3) is 3.40. The van der Waals surface area contributed by atoms with Crippen molar-refractivity contribution in [2.24, 2.45) is 0 Å². The van der Waals surface area contributed by atoms with Crippen molar-refractivity contribution >= 4 is 15.9 Å². The molecule has 0 bridgehead atoms. The summed E-state index contributed by atoms with van der Waals surface area (Å²) in [6.45, 7) is 4.47. The largest absolute Gasteiger partial charge is 0.382 e. The molecule has 2 rings (SSSR count). The molecule has 96 valence electrons. The van der Waals surface area contributed by atoms with Crippen molar-refractivity contribution in [1.29, 1.82) is 0 Å². The Kier molecular flexibility index (Phi) is 4.90. The zero-order valence-electron chi connectivity index (χ0n) is 10.3. The maximum atomic E-state index is 5.34. The summed E-state index contributed by atoms with van der Waals surface area (Å²) < 4.78 is 8.43. The van der Waals surface area contributed by atoms with E-state index >= 15 is 0 Å². The number of pyridine rings is 1. The lowest BCUT2D eigenvalue weighted by atomic mass is 10.2. The smallest absolute Gasteiger partial charge is 0.141 e. The lowest BCUT2D eigenvalue weighted by molar-refractivity contribution is 0.142. The zero-order chi connectivity index (χ0) is 12.8. The molecule has 0 radical (unpaired) electrons. The summed E-state index contributed by atoms with van der Waals surface area (Å²) >= 11 is 3.43. The summed E-state index contributed by atoms with van der Waals surface area (Å²) in [6, 6.07) is 2.02. The molecule has 18 heavy (non-hydrogen) atoms. The fourth-order valence-electron chi connectivity index (χ4n) is 1.77. The average Bonchev–Trinajstić information content (AvgIpc) is 2.83. The summed E-state index contributed by atoms with van der Waals surface area (Å²) in [5.74, 6) is 0.945. The van der Waals surface area contributed by atoms with E-state index in [1.165, 1.54) is 0 Å². The van der Waals surface area contributed by atoms with Gasteiger partial charge in [-0.15, -0.1) is 0 Å². The van der Waals surface area contributed by atoms with Crippen molar-refractivity contribution in [3.63, 3.8) is 0 Å². The first-order valence-corrected chi connectivity index (χ1v) is 6.80. The van der Waals surface area contributed by atoms with Gasteiger partial charge < -0.3 is 9.30 Å².